The maximum absolute atomic E-state index is 12.4. The van der Waals surface area contributed by atoms with Gasteiger partial charge in [-0.1, -0.05) is 18.6 Å². The van der Waals surface area contributed by atoms with Crippen LogP contribution in [0.25, 0.3) is 0 Å². The van der Waals surface area contributed by atoms with Gasteiger partial charge in [0.15, 0.2) is 0 Å². The molecule has 2 amide bonds. The van der Waals surface area contributed by atoms with Crippen LogP contribution in [0.2, 0.25) is 0 Å². The second-order valence-electron chi connectivity index (χ2n) is 5.40. The second-order valence-corrected chi connectivity index (χ2v) is 5.40. The summed E-state index contributed by atoms with van der Waals surface area (Å²) in [4.78, 5) is 25.8. The first-order chi connectivity index (χ1) is 10.0. The van der Waals surface area contributed by atoms with E-state index >= 15 is 0 Å². The predicted molar refractivity (Wildman–Crippen MR) is 82.5 cm³/mol. The zero-order valence-electron chi connectivity index (χ0n) is 12.2. The topological polar surface area (TPSA) is 101 Å². The number of amides is 2. The van der Waals surface area contributed by atoms with E-state index in [9.17, 15) is 9.59 Å². The molecule has 1 fully saturated rings. The molecule has 0 aromatic heterocycles. The van der Waals surface area contributed by atoms with Gasteiger partial charge >= 0.3 is 0 Å². The molecule has 21 heavy (non-hydrogen) atoms. The first-order valence-electron chi connectivity index (χ1n) is 7.21. The van der Waals surface area contributed by atoms with Gasteiger partial charge in [0.2, 0.25) is 11.8 Å². The lowest BCUT2D eigenvalue weighted by Crippen LogP contribution is -2.54. The minimum Gasteiger partial charge on any atom is -0.397 e. The number of nitrogen functional groups attached to an aromatic ring is 1. The molecule has 5 N–H and O–H groups in total. The number of hydrogen-bond donors (Lipinski definition) is 3. The van der Waals surface area contributed by atoms with E-state index in [4.69, 9.17) is 11.5 Å². The Balaban J connectivity index is 2.07. The number of rotatable bonds is 4. The van der Waals surface area contributed by atoms with Gasteiger partial charge in [-0.25, -0.2) is 0 Å². The van der Waals surface area contributed by atoms with Gasteiger partial charge in [0.05, 0.1) is 23.5 Å². The summed E-state index contributed by atoms with van der Waals surface area (Å²) < 4.78 is 0. The Hall–Kier alpha value is -2.08. The largest absolute Gasteiger partial charge is 0.397 e. The molecule has 2 unspecified atom stereocenters. The fraction of sp³-hybridized carbons (Fsp3) is 0.467. The quantitative estimate of drug-likeness (QED) is 0.718. The van der Waals surface area contributed by atoms with Crippen LogP contribution < -0.4 is 16.8 Å². The number of carbonyl (C=O) groups is 2. The number of carbonyl (C=O) groups excluding carboxylic acids is 2. The van der Waals surface area contributed by atoms with E-state index in [1.807, 2.05) is 17.0 Å². The van der Waals surface area contributed by atoms with Crippen LogP contribution in [-0.4, -0.2) is 35.3 Å². The highest BCUT2D eigenvalue weighted by atomic mass is 16.2. The van der Waals surface area contributed by atoms with Crippen molar-refractivity contribution in [2.45, 2.75) is 38.3 Å². The molecular formula is C15H22N4O2. The molecule has 0 spiro atoms. The molecule has 0 bridgehead atoms. The molecule has 1 heterocycles. The number of hydrogen-bond acceptors (Lipinski definition) is 4. The molecule has 114 valence electrons. The molecule has 1 saturated heterocycles. The molecule has 1 aromatic carbocycles. The monoisotopic (exact) mass is 290 g/mol. The maximum atomic E-state index is 12.4. The lowest BCUT2D eigenvalue weighted by molar-refractivity contribution is -0.129. The van der Waals surface area contributed by atoms with Crippen molar-refractivity contribution in [3.63, 3.8) is 0 Å². The Labute approximate surface area is 124 Å². The van der Waals surface area contributed by atoms with Crippen molar-refractivity contribution in [1.29, 1.82) is 0 Å². The van der Waals surface area contributed by atoms with Gasteiger partial charge in [0, 0.05) is 0 Å². The summed E-state index contributed by atoms with van der Waals surface area (Å²) in [6.45, 7) is 2.49. The second kappa shape index (κ2) is 6.58. The van der Waals surface area contributed by atoms with Crippen LogP contribution in [0, 0.1) is 0 Å². The zero-order valence-corrected chi connectivity index (χ0v) is 12.2. The van der Waals surface area contributed by atoms with Crippen molar-refractivity contribution < 1.29 is 9.59 Å². The third-order valence-electron chi connectivity index (χ3n) is 3.97. The van der Waals surface area contributed by atoms with Crippen molar-refractivity contribution in [2.75, 3.05) is 17.6 Å². The van der Waals surface area contributed by atoms with Gasteiger partial charge in [-0.3, -0.25) is 14.5 Å². The Bertz CT molecular complexity index is 532. The van der Waals surface area contributed by atoms with Gasteiger partial charge in [-0.05, 0) is 38.4 Å². The summed E-state index contributed by atoms with van der Waals surface area (Å²) >= 11 is 0. The minimum absolute atomic E-state index is 0.180. The van der Waals surface area contributed by atoms with E-state index in [1.54, 1.807) is 19.1 Å². The van der Waals surface area contributed by atoms with Crippen molar-refractivity contribution in [3.05, 3.63) is 24.3 Å². The van der Waals surface area contributed by atoms with Crippen LogP contribution in [0.4, 0.5) is 11.4 Å². The number of likely N-dealkylation sites (tertiary alicyclic amines) is 1. The van der Waals surface area contributed by atoms with E-state index < -0.39 is 6.04 Å². The molecular weight excluding hydrogens is 268 g/mol. The molecule has 1 aliphatic heterocycles. The van der Waals surface area contributed by atoms with E-state index in [-0.39, 0.29) is 17.9 Å². The van der Waals surface area contributed by atoms with Gasteiger partial charge in [-0.15, -0.1) is 0 Å². The molecule has 0 radical (unpaired) electrons. The van der Waals surface area contributed by atoms with Crippen molar-refractivity contribution in [2.24, 2.45) is 5.73 Å². The van der Waals surface area contributed by atoms with Gasteiger partial charge < -0.3 is 16.8 Å². The molecule has 6 nitrogen and oxygen atoms in total. The number of anilines is 2. The van der Waals surface area contributed by atoms with E-state index in [0.29, 0.717) is 24.3 Å². The van der Waals surface area contributed by atoms with Crippen molar-refractivity contribution in [1.82, 2.24) is 4.90 Å². The molecule has 0 saturated carbocycles. The molecule has 1 aromatic rings. The maximum Gasteiger partial charge on any atom is 0.241 e. The van der Waals surface area contributed by atoms with Crippen LogP contribution >= 0.6 is 0 Å². The highest BCUT2D eigenvalue weighted by molar-refractivity contribution is 5.97. The van der Waals surface area contributed by atoms with E-state index in [1.165, 1.54) is 0 Å². The number of benzene rings is 1. The Morgan fingerprint density at radius 2 is 2.05 bits per heavy atom. The molecule has 6 heteroatoms. The summed E-state index contributed by atoms with van der Waals surface area (Å²) in [7, 11) is 0. The van der Waals surface area contributed by atoms with Gasteiger partial charge in [-0.2, -0.15) is 0 Å². The number of piperidine rings is 1. The first kappa shape index (κ1) is 15.3. The lowest BCUT2D eigenvalue weighted by Gasteiger charge is -2.37. The summed E-state index contributed by atoms with van der Waals surface area (Å²) in [5.41, 5.74) is 12.4. The number of para-hydroxylation sites is 2. The average molecular weight is 290 g/mol. The lowest BCUT2D eigenvalue weighted by atomic mass is 9.99. The van der Waals surface area contributed by atoms with Crippen LogP contribution in [0.15, 0.2) is 24.3 Å². The summed E-state index contributed by atoms with van der Waals surface area (Å²) in [5, 5.41) is 2.81. The van der Waals surface area contributed by atoms with Crippen LogP contribution in [0.5, 0.6) is 0 Å². The molecule has 2 rings (SSSR count). The Kier molecular flexibility index (Phi) is 4.80. The van der Waals surface area contributed by atoms with Crippen molar-refractivity contribution in [3.8, 4) is 0 Å². The highest BCUT2D eigenvalue weighted by Gasteiger charge is 2.33. The smallest absolute Gasteiger partial charge is 0.241 e. The van der Waals surface area contributed by atoms with Gasteiger partial charge in [0.25, 0.3) is 0 Å². The van der Waals surface area contributed by atoms with Crippen LogP contribution in [0.3, 0.4) is 0 Å². The molecule has 2 atom stereocenters. The fourth-order valence-corrected chi connectivity index (χ4v) is 2.72. The third kappa shape index (κ3) is 3.52. The fourth-order valence-electron chi connectivity index (χ4n) is 2.72. The number of nitrogens with one attached hydrogen (secondary N) is 1. The summed E-state index contributed by atoms with van der Waals surface area (Å²) in [6.07, 6.45) is 2.64. The Morgan fingerprint density at radius 1 is 1.33 bits per heavy atom. The van der Waals surface area contributed by atoms with E-state index in [2.05, 4.69) is 5.32 Å². The zero-order chi connectivity index (χ0) is 15.4. The average Bonchev–Trinajstić information content (AvgIpc) is 2.48. The van der Waals surface area contributed by atoms with Crippen LogP contribution in [0.1, 0.15) is 26.2 Å². The van der Waals surface area contributed by atoms with Crippen LogP contribution in [-0.2, 0) is 9.59 Å². The first-order valence-corrected chi connectivity index (χ1v) is 7.21. The minimum atomic E-state index is -0.428. The van der Waals surface area contributed by atoms with E-state index in [0.717, 1.165) is 12.8 Å². The summed E-state index contributed by atoms with van der Waals surface area (Å²) in [6, 6.07) is 6.30. The van der Waals surface area contributed by atoms with Crippen molar-refractivity contribution >= 4 is 23.2 Å². The number of primary amides is 1. The number of nitrogens with two attached hydrogens (primary N) is 2. The molecule has 0 aliphatic carbocycles. The standard InChI is InChI=1S/C15H22N4O2/c1-10(19-9-5-4-8-13(19)14(17)20)15(21)18-12-7-3-2-6-11(12)16/h2-3,6-7,10,13H,4-5,8-9,16H2,1H3,(H2,17,20)(H,18,21). The third-order valence-corrected chi connectivity index (χ3v) is 3.97. The highest BCUT2D eigenvalue weighted by Crippen LogP contribution is 2.22. The number of nitrogens with zero attached hydrogens (tertiary/aromatic N) is 1. The Morgan fingerprint density at radius 3 is 2.71 bits per heavy atom. The predicted octanol–water partition coefficient (Wildman–Crippen LogP) is 0.936. The molecule has 1 aliphatic rings. The SMILES string of the molecule is CC(C(=O)Nc1ccccc1N)N1CCCCC1C(N)=O. The van der Waals surface area contributed by atoms with Gasteiger partial charge in [0.1, 0.15) is 0 Å². The summed E-state index contributed by atoms with van der Waals surface area (Å²) in [5.74, 6) is -0.547. The normalized spacial score (nSPS) is 20.7.